The summed E-state index contributed by atoms with van der Waals surface area (Å²) in [5.41, 5.74) is 5.80. The molecule has 46 heavy (non-hydrogen) atoms. The summed E-state index contributed by atoms with van der Waals surface area (Å²) in [4.78, 5) is 12.3. The first kappa shape index (κ1) is 30.1. The van der Waals surface area contributed by atoms with Crippen LogP contribution in [0.5, 0.6) is 11.6 Å². The van der Waals surface area contributed by atoms with Crippen LogP contribution in [-0.2, 0) is 13.0 Å². The second-order valence-electron chi connectivity index (χ2n) is 12.4. The maximum absolute atomic E-state index is 13.8. The monoisotopic (exact) mass is 615 g/mol. The maximum Gasteiger partial charge on any atom is 0.214 e. The lowest BCUT2D eigenvalue weighted by atomic mass is 9.73. The van der Waals surface area contributed by atoms with Crippen LogP contribution < -0.4 is 9.47 Å². The molecule has 3 aliphatic rings. The van der Waals surface area contributed by atoms with Crippen LogP contribution in [0.2, 0.25) is 0 Å². The third-order valence-electron chi connectivity index (χ3n) is 9.75. The molecule has 8 rings (SSSR count). The van der Waals surface area contributed by atoms with E-state index in [0.29, 0.717) is 29.9 Å². The first-order chi connectivity index (χ1) is 22.4. The van der Waals surface area contributed by atoms with Gasteiger partial charge in [-0.3, -0.25) is 9.88 Å². The van der Waals surface area contributed by atoms with E-state index < -0.39 is 6.10 Å². The minimum absolute atomic E-state index is 0.00171. The molecule has 3 fully saturated rings. The zero-order valence-corrected chi connectivity index (χ0v) is 26.0. The Morgan fingerprint density at radius 2 is 1.91 bits per heavy atom. The highest BCUT2D eigenvalue weighted by Gasteiger charge is 2.42. The van der Waals surface area contributed by atoms with Gasteiger partial charge in [0.1, 0.15) is 18.2 Å². The summed E-state index contributed by atoms with van der Waals surface area (Å²) in [6.07, 6.45) is 5.70. The Morgan fingerprint density at radius 3 is 2.67 bits per heavy atom. The molecular weight excluding hydrogens is 577 g/mol. The summed E-state index contributed by atoms with van der Waals surface area (Å²) < 4.78 is 25.6. The average Bonchev–Trinajstić information content (AvgIpc) is 3.09. The minimum Gasteiger partial charge on any atom is -0.496 e. The van der Waals surface area contributed by atoms with Crippen molar-refractivity contribution < 1.29 is 19.0 Å². The van der Waals surface area contributed by atoms with Gasteiger partial charge in [0.2, 0.25) is 5.88 Å². The Hall–Kier alpha value is -4.59. The quantitative estimate of drug-likeness (QED) is 0.163. The van der Waals surface area contributed by atoms with Gasteiger partial charge in [0, 0.05) is 47.1 Å². The van der Waals surface area contributed by atoms with E-state index in [1.165, 1.54) is 12.1 Å². The molecule has 2 aromatic heterocycles. The fraction of sp³-hybridized carbons (Fsp3) is 0.282. The molecular formula is C39H38FN3O3. The van der Waals surface area contributed by atoms with Crippen LogP contribution in [0.1, 0.15) is 46.9 Å². The number of aliphatic hydroxyl groups is 1. The van der Waals surface area contributed by atoms with Gasteiger partial charge in [-0.15, -0.1) is 6.58 Å². The Bertz CT molecular complexity index is 1940. The van der Waals surface area contributed by atoms with E-state index in [9.17, 15) is 9.50 Å². The van der Waals surface area contributed by atoms with Crippen molar-refractivity contribution in [1.29, 1.82) is 0 Å². The van der Waals surface area contributed by atoms with Gasteiger partial charge in [0.05, 0.1) is 24.2 Å². The average molecular weight is 616 g/mol. The zero-order chi connectivity index (χ0) is 31.8. The van der Waals surface area contributed by atoms with Crippen LogP contribution in [0.15, 0.2) is 92.0 Å². The number of fused-ring (bicyclic) bond motifs is 5. The number of rotatable bonds is 10. The van der Waals surface area contributed by atoms with Gasteiger partial charge in [-0.1, -0.05) is 49.1 Å². The fourth-order valence-electron chi connectivity index (χ4n) is 7.46. The number of piperidine rings is 3. The number of ether oxygens (including phenoxy) is 2. The zero-order valence-electron chi connectivity index (χ0n) is 26.0. The maximum atomic E-state index is 13.8. The topological polar surface area (TPSA) is 67.7 Å². The molecule has 3 aromatic carbocycles. The molecule has 5 heterocycles. The van der Waals surface area contributed by atoms with Gasteiger partial charge in [-0.25, -0.2) is 9.37 Å². The van der Waals surface area contributed by atoms with Crippen molar-refractivity contribution in [3.8, 4) is 11.6 Å². The number of para-hydroxylation sites is 1. The number of pyridine rings is 2. The van der Waals surface area contributed by atoms with Crippen molar-refractivity contribution >= 4 is 27.9 Å². The van der Waals surface area contributed by atoms with E-state index in [4.69, 9.17) is 19.4 Å². The molecule has 3 saturated heterocycles. The lowest BCUT2D eigenvalue weighted by Gasteiger charge is -2.50. The highest BCUT2D eigenvalue weighted by Crippen LogP contribution is 2.43. The molecule has 2 bridgehead atoms. The second-order valence-corrected chi connectivity index (χ2v) is 12.4. The number of aliphatic hydroxyl groups excluding tert-OH is 1. The predicted molar refractivity (Wildman–Crippen MR) is 180 cm³/mol. The van der Waals surface area contributed by atoms with Gasteiger partial charge >= 0.3 is 0 Å². The van der Waals surface area contributed by atoms with Crippen molar-refractivity contribution in [1.82, 2.24) is 14.9 Å². The summed E-state index contributed by atoms with van der Waals surface area (Å²) in [6, 6.07) is 22.2. The number of hydrogen-bond acceptors (Lipinski definition) is 6. The number of halogens is 1. The van der Waals surface area contributed by atoms with E-state index in [2.05, 4.69) is 30.2 Å². The fourth-order valence-corrected chi connectivity index (χ4v) is 7.46. The molecule has 0 amide bonds. The smallest absolute Gasteiger partial charge is 0.214 e. The summed E-state index contributed by atoms with van der Waals surface area (Å²) in [5, 5.41) is 14.1. The van der Waals surface area contributed by atoms with Crippen LogP contribution in [0.3, 0.4) is 0 Å². The summed E-state index contributed by atoms with van der Waals surface area (Å²) in [7, 11) is 1.65. The first-order valence-corrected chi connectivity index (χ1v) is 15.9. The standard InChI is InChI=1S/C39H38FN3O3/c1-4-25-22-43-16-15-26(25)19-35(43)39(44)32-21-29(41-34-13-14-36(45-3)30(5-2)38(32)34)18-27-20-37(42-33-12-7-6-11-31(27)33)46-23-24-9-8-10-28(40)17-24/h4-14,17,20-21,25-26,35,39,44H,1-2,15-16,18-19,22-23H2,3H3/t25-,26?,35-,39+/m0/s1. The Kier molecular flexibility index (Phi) is 8.28. The highest BCUT2D eigenvalue weighted by atomic mass is 19.1. The van der Waals surface area contributed by atoms with Crippen molar-refractivity contribution in [3.05, 3.63) is 126 Å². The molecule has 0 spiro atoms. The number of nitrogens with zero attached hydrogens (tertiary/aromatic N) is 3. The van der Waals surface area contributed by atoms with Crippen LogP contribution >= 0.6 is 0 Å². The number of aromatic nitrogens is 2. The molecule has 3 aliphatic heterocycles. The third kappa shape index (κ3) is 5.65. The Balaban J connectivity index is 1.29. The normalized spacial score (nSPS) is 21.3. The van der Waals surface area contributed by atoms with E-state index >= 15 is 0 Å². The molecule has 0 aliphatic carbocycles. The lowest BCUT2D eigenvalue weighted by Crippen LogP contribution is -2.54. The van der Waals surface area contributed by atoms with Crippen LogP contribution in [0.4, 0.5) is 4.39 Å². The van der Waals surface area contributed by atoms with Crippen LogP contribution in [0, 0.1) is 17.7 Å². The summed E-state index contributed by atoms with van der Waals surface area (Å²) >= 11 is 0. The Labute approximate surface area is 268 Å². The number of benzene rings is 3. The van der Waals surface area contributed by atoms with Gasteiger partial charge in [-0.05, 0) is 84.3 Å². The van der Waals surface area contributed by atoms with Gasteiger partial charge < -0.3 is 14.6 Å². The van der Waals surface area contributed by atoms with Crippen LogP contribution in [-0.4, -0.2) is 46.2 Å². The molecule has 5 atom stereocenters. The largest absolute Gasteiger partial charge is 0.496 e. The lowest BCUT2D eigenvalue weighted by molar-refractivity contribution is -0.0445. The van der Waals surface area contributed by atoms with E-state index in [1.807, 2.05) is 48.5 Å². The number of methoxy groups -OCH3 is 1. The molecule has 1 N–H and O–H groups in total. The van der Waals surface area contributed by atoms with Crippen LogP contribution in [0.25, 0.3) is 27.9 Å². The molecule has 0 saturated carbocycles. The SMILES string of the molecule is C=Cc1c(OC)ccc2nc(Cc3cc(OCc4cccc(F)c4)nc4ccccc34)cc([C@@H](O)[C@@H]3CC4CCN3C[C@@H]4C=C)c12. The molecule has 0 radical (unpaired) electrons. The van der Waals surface area contributed by atoms with Gasteiger partial charge in [0.15, 0.2) is 0 Å². The minimum atomic E-state index is -0.719. The van der Waals surface area contributed by atoms with Crippen molar-refractivity contribution in [3.63, 3.8) is 0 Å². The third-order valence-corrected chi connectivity index (χ3v) is 9.75. The summed E-state index contributed by atoms with van der Waals surface area (Å²) in [6.45, 7) is 10.3. The van der Waals surface area contributed by atoms with E-state index in [-0.39, 0.29) is 18.5 Å². The highest BCUT2D eigenvalue weighted by molar-refractivity contribution is 5.94. The molecule has 234 valence electrons. The Morgan fingerprint density at radius 1 is 1.04 bits per heavy atom. The van der Waals surface area contributed by atoms with E-state index in [1.54, 1.807) is 19.3 Å². The van der Waals surface area contributed by atoms with Gasteiger partial charge in [-0.2, -0.15) is 0 Å². The predicted octanol–water partition coefficient (Wildman–Crippen LogP) is 7.67. The molecule has 5 aromatic rings. The van der Waals surface area contributed by atoms with Crippen molar-refractivity contribution in [2.24, 2.45) is 11.8 Å². The van der Waals surface area contributed by atoms with Crippen molar-refractivity contribution in [2.75, 3.05) is 20.2 Å². The number of hydrogen-bond donors (Lipinski definition) is 1. The molecule has 7 heteroatoms. The molecule has 2 unspecified atom stereocenters. The second kappa shape index (κ2) is 12.7. The van der Waals surface area contributed by atoms with Crippen molar-refractivity contribution in [2.45, 2.75) is 38.0 Å². The summed E-state index contributed by atoms with van der Waals surface area (Å²) in [5.74, 6) is 1.84. The van der Waals surface area contributed by atoms with Gasteiger partial charge in [0.25, 0.3) is 0 Å². The van der Waals surface area contributed by atoms with E-state index in [0.717, 1.165) is 75.7 Å². The molecule has 6 nitrogen and oxygen atoms in total. The first-order valence-electron chi connectivity index (χ1n) is 15.9.